The SMILES string of the molecule is NC(=O)C1([C@H](C[C@H]2CCNC2=O)C(=O)CO)NCC2C3CCC(C3)C21. The van der Waals surface area contributed by atoms with Crippen molar-refractivity contribution >= 4 is 17.6 Å². The molecule has 2 bridgehead atoms. The molecule has 25 heavy (non-hydrogen) atoms. The summed E-state index contributed by atoms with van der Waals surface area (Å²) in [7, 11) is 0. The molecule has 0 radical (unpaired) electrons. The highest BCUT2D eigenvalue weighted by molar-refractivity contribution is 5.95. The number of Topliss-reactive ketones (excluding diaryl/α,β-unsaturated/α-hetero) is 1. The Hall–Kier alpha value is -1.47. The van der Waals surface area contributed by atoms with E-state index in [0.717, 1.165) is 12.8 Å². The molecule has 0 aromatic rings. The summed E-state index contributed by atoms with van der Waals surface area (Å²) in [6.45, 7) is 0.666. The van der Waals surface area contributed by atoms with Crippen molar-refractivity contribution in [2.24, 2.45) is 41.2 Å². The number of amides is 2. The molecule has 0 aromatic carbocycles. The minimum Gasteiger partial charge on any atom is -0.389 e. The van der Waals surface area contributed by atoms with Gasteiger partial charge in [-0.3, -0.25) is 14.4 Å². The lowest BCUT2D eigenvalue weighted by Crippen LogP contribution is -2.64. The van der Waals surface area contributed by atoms with Gasteiger partial charge in [0.05, 0.1) is 0 Å². The van der Waals surface area contributed by atoms with Gasteiger partial charge >= 0.3 is 0 Å². The molecular weight excluding hydrogens is 322 g/mol. The molecule has 2 aliphatic carbocycles. The number of carbonyl (C=O) groups excluding carboxylic acids is 3. The van der Waals surface area contributed by atoms with Gasteiger partial charge in [-0.2, -0.15) is 0 Å². The van der Waals surface area contributed by atoms with Gasteiger partial charge in [-0.1, -0.05) is 0 Å². The molecule has 7 heteroatoms. The van der Waals surface area contributed by atoms with Crippen molar-refractivity contribution in [3.63, 3.8) is 0 Å². The normalized spacial score (nSPS) is 43.1. The first kappa shape index (κ1) is 17.0. The van der Waals surface area contributed by atoms with Gasteiger partial charge in [0, 0.05) is 18.4 Å². The summed E-state index contributed by atoms with van der Waals surface area (Å²) < 4.78 is 0. The first-order chi connectivity index (χ1) is 12.0. The van der Waals surface area contributed by atoms with E-state index < -0.39 is 24.0 Å². The number of aliphatic hydroxyl groups excluding tert-OH is 1. The number of aliphatic hydroxyl groups is 1. The quantitative estimate of drug-likeness (QED) is 0.499. The van der Waals surface area contributed by atoms with Crippen LogP contribution in [0.5, 0.6) is 0 Å². The number of hydrogen-bond acceptors (Lipinski definition) is 5. The van der Waals surface area contributed by atoms with Gasteiger partial charge in [-0.25, -0.2) is 0 Å². The fourth-order valence-electron chi connectivity index (χ4n) is 6.43. The predicted octanol–water partition coefficient (Wildman–Crippen LogP) is -0.820. The van der Waals surface area contributed by atoms with Crippen molar-refractivity contribution in [3.05, 3.63) is 0 Å². The van der Waals surface area contributed by atoms with E-state index in [-0.39, 0.29) is 29.9 Å². The highest BCUT2D eigenvalue weighted by Gasteiger charge is 2.66. The van der Waals surface area contributed by atoms with Gasteiger partial charge in [-0.05, 0) is 62.3 Å². The van der Waals surface area contributed by atoms with Gasteiger partial charge < -0.3 is 21.5 Å². The average Bonchev–Trinajstić information content (AvgIpc) is 3.34. The molecule has 2 saturated carbocycles. The van der Waals surface area contributed by atoms with Crippen LogP contribution in [0.4, 0.5) is 0 Å². The van der Waals surface area contributed by atoms with Gasteiger partial charge in [0.2, 0.25) is 11.8 Å². The average molecular weight is 349 g/mol. The van der Waals surface area contributed by atoms with Crippen molar-refractivity contribution in [2.75, 3.05) is 19.7 Å². The van der Waals surface area contributed by atoms with Gasteiger partial charge in [-0.15, -0.1) is 0 Å². The van der Waals surface area contributed by atoms with Crippen molar-refractivity contribution in [1.82, 2.24) is 10.6 Å². The number of rotatable bonds is 6. The fourth-order valence-corrected chi connectivity index (χ4v) is 6.43. The lowest BCUT2D eigenvalue weighted by molar-refractivity contribution is -0.140. The number of nitrogens with one attached hydrogen (secondary N) is 2. The Morgan fingerprint density at radius 3 is 2.68 bits per heavy atom. The van der Waals surface area contributed by atoms with Crippen LogP contribution >= 0.6 is 0 Å². The topological polar surface area (TPSA) is 122 Å². The van der Waals surface area contributed by atoms with E-state index in [1.807, 2.05) is 0 Å². The van der Waals surface area contributed by atoms with Crippen LogP contribution in [0.3, 0.4) is 0 Å². The third kappa shape index (κ3) is 2.35. The van der Waals surface area contributed by atoms with Crippen molar-refractivity contribution in [1.29, 1.82) is 0 Å². The Bertz CT molecular complexity index is 609. The lowest BCUT2D eigenvalue weighted by Gasteiger charge is -2.42. The Labute approximate surface area is 147 Å². The van der Waals surface area contributed by atoms with E-state index in [1.165, 1.54) is 6.42 Å². The standard InChI is InChI=1S/C18H27N3O4/c19-17(25)18(15-10-2-1-9(5-10)12(15)7-21-18)13(14(23)8-22)6-11-3-4-20-16(11)24/h9-13,15,21-22H,1-8H2,(H2,19,25)(H,20,24)/t9?,10?,11-,12?,13-,15?,18?/m1/s1. The summed E-state index contributed by atoms with van der Waals surface area (Å²) in [5, 5.41) is 15.7. The molecule has 7 nitrogen and oxygen atoms in total. The van der Waals surface area contributed by atoms with E-state index in [0.29, 0.717) is 37.3 Å². The molecule has 0 spiro atoms. The number of carbonyl (C=O) groups is 3. The Kier molecular flexibility index (Phi) is 4.11. The van der Waals surface area contributed by atoms with Crippen LogP contribution in [0.25, 0.3) is 0 Å². The predicted molar refractivity (Wildman–Crippen MR) is 89.1 cm³/mol. The van der Waals surface area contributed by atoms with E-state index in [2.05, 4.69) is 10.6 Å². The molecule has 2 saturated heterocycles. The van der Waals surface area contributed by atoms with Gasteiger partial charge in [0.15, 0.2) is 5.78 Å². The maximum atomic E-state index is 12.7. The van der Waals surface area contributed by atoms with E-state index >= 15 is 0 Å². The Morgan fingerprint density at radius 2 is 2.04 bits per heavy atom. The number of hydrogen-bond donors (Lipinski definition) is 4. The van der Waals surface area contributed by atoms with E-state index in [9.17, 15) is 19.5 Å². The zero-order valence-electron chi connectivity index (χ0n) is 14.4. The van der Waals surface area contributed by atoms with Crippen molar-refractivity contribution in [2.45, 2.75) is 37.6 Å². The molecule has 2 amide bonds. The third-order valence-electron chi connectivity index (χ3n) is 7.43. The molecule has 138 valence electrons. The summed E-state index contributed by atoms with van der Waals surface area (Å²) >= 11 is 0. The zero-order chi connectivity index (χ0) is 17.8. The second kappa shape index (κ2) is 6.06. The third-order valence-corrected chi connectivity index (χ3v) is 7.43. The molecule has 4 rings (SSSR count). The highest BCUT2D eigenvalue weighted by atomic mass is 16.3. The van der Waals surface area contributed by atoms with Crippen LogP contribution in [0, 0.1) is 35.5 Å². The molecule has 4 aliphatic rings. The first-order valence-electron chi connectivity index (χ1n) is 9.45. The summed E-state index contributed by atoms with van der Waals surface area (Å²) in [6, 6.07) is 0. The van der Waals surface area contributed by atoms with Crippen molar-refractivity contribution < 1.29 is 19.5 Å². The summed E-state index contributed by atoms with van der Waals surface area (Å²) in [5.41, 5.74) is 4.77. The smallest absolute Gasteiger partial charge is 0.238 e. The van der Waals surface area contributed by atoms with E-state index in [1.54, 1.807) is 0 Å². The summed E-state index contributed by atoms with van der Waals surface area (Å²) in [5.74, 6) is -0.557. The molecule has 7 atom stereocenters. The van der Waals surface area contributed by atoms with Crippen LogP contribution in [0.15, 0.2) is 0 Å². The molecule has 0 aromatic heterocycles. The fraction of sp³-hybridized carbons (Fsp3) is 0.833. The van der Waals surface area contributed by atoms with Crippen LogP contribution in [0.2, 0.25) is 0 Å². The molecule has 2 heterocycles. The van der Waals surface area contributed by atoms with Gasteiger partial charge in [0.1, 0.15) is 12.1 Å². The van der Waals surface area contributed by atoms with Gasteiger partial charge in [0.25, 0.3) is 0 Å². The number of primary amides is 1. The largest absolute Gasteiger partial charge is 0.389 e. The van der Waals surface area contributed by atoms with Crippen molar-refractivity contribution in [3.8, 4) is 0 Å². The second-order valence-electron chi connectivity index (χ2n) is 8.33. The van der Waals surface area contributed by atoms with Crippen LogP contribution in [-0.2, 0) is 14.4 Å². The molecule has 5 N–H and O–H groups in total. The molecule has 5 unspecified atom stereocenters. The summed E-state index contributed by atoms with van der Waals surface area (Å²) in [6.07, 6.45) is 4.30. The highest BCUT2D eigenvalue weighted by Crippen LogP contribution is 2.60. The number of ketones is 1. The molecule has 2 aliphatic heterocycles. The Morgan fingerprint density at radius 1 is 1.28 bits per heavy atom. The molecule has 4 fully saturated rings. The van der Waals surface area contributed by atoms with Crippen LogP contribution in [0.1, 0.15) is 32.1 Å². The van der Waals surface area contributed by atoms with Crippen LogP contribution in [-0.4, -0.2) is 47.9 Å². The Balaban J connectivity index is 1.70. The lowest BCUT2D eigenvalue weighted by atomic mass is 9.63. The molecular formula is C18H27N3O4. The maximum Gasteiger partial charge on any atom is 0.238 e. The second-order valence-corrected chi connectivity index (χ2v) is 8.33. The first-order valence-corrected chi connectivity index (χ1v) is 9.45. The van der Waals surface area contributed by atoms with E-state index in [4.69, 9.17) is 5.73 Å². The number of nitrogens with two attached hydrogens (primary N) is 1. The minimum absolute atomic E-state index is 0.0497. The number of fused-ring (bicyclic) bond motifs is 5. The summed E-state index contributed by atoms with van der Waals surface area (Å²) in [4.78, 5) is 37.4. The maximum absolute atomic E-state index is 12.7. The monoisotopic (exact) mass is 349 g/mol. The van der Waals surface area contributed by atoms with Crippen LogP contribution < -0.4 is 16.4 Å². The minimum atomic E-state index is -1.12. The zero-order valence-corrected chi connectivity index (χ0v) is 14.4.